The number of imide groups is 1. The maximum absolute atomic E-state index is 13.2. The molecule has 0 aliphatic carbocycles. The zero-order chi connectivity index (χ0) is 21.1. The van der Waals surface area contributed by atoms with Crippen LogP contribution in [0.25, 0.3) is 5.57 Å². The van der Waals surface area contributed by atoms with E-state index in [9.17, 15) is 9.59 Å². The Labute approximate surface area is 174 Å². The van der Waals surface area contributed by atoms with Gasteiger partial charge in [0.1, 0.15) is 11.4 Å². The van der Waals surface area contributed by atoms with E-state index in [1.807, 2.05) is 6.07 Å². The lowest BCUT2D eigenvalue weighted by Crippen LogP contribution is -2.33. The molecule has 0 unspecified atom stereocenters. The minimum absolute atomic E-state index is 0.151. The van der Waals surface area contributed by atoms with Gasteiger partial charge in [0.25, 0.3) is 11.8 Å². The van der Waals surface area contributed by atoms with E-state index in [1.165, 1.54) is 12.0 Å². The number of nitrogens with one attached hydrogen (secondary N) is 1. The summed E-state index contributed by atoms with van der Waals surface area (Å²) in [6.07, 6.45) is 0.546. The Morgan fingerprint density at radius 1 is 1.03 bits per heavy atom. The molecule has 2 aliphatic heterocycles. The summed E-state index contributed by atoms with van der Waals surface area (Å²) in [7, 11) is 3.11. The molecule has 2 aromatic rings. The van der Waals surface area contributed by atoms with Crippen molar-refractivity contribution < 1.29 is 28.5 Å². The fourth-order valence-corrected chi connectivity index (χ4v) is 3.48. The van der Waals surface area contributed by atoms with Crippen LogP contribution in [-0.2, 0) is 14.3 Å². The molecule has 0 aromatic heterocycles. The number of nitrogens with zero attached hydrogens (tertiary/aromatic N) is 1. The molecular formula is C22H22N2O6. The molecule has 156 valence electrons. The maximum Gasteiger partial charge on any atom is 0.278 e. The smallest absolute Gasteiger partial charge is 0.278 e. The molecule has 0 atom stereocenters. The van der Waals surface area contributed by atoms with Crippen LogP contribution < -0.4 is 19.5 Å². The number of methoxy groups -OCH3 is 2. The Morgan fingerprint density at radius 2 is 1.83 bits per heavy atom. The molecule has 30 heavy (non-hydrogen) atoms. The molecule has 0 saturated carbocycles. The minimum atomic E-state index is -0.394. The molecule has 2 aliphatic rings. The predicted molar refractivity (Wildman–Crippen MR) is 109 cm³/mol. The highest BCUT2D eigenvalue weighted by molar-refractivity contribution is 6.37. The van der Waals surface area contributed by atoms with Crippen molar-refractivity contribution in [2.75, 3.05) is 39.5 Å². The summed E-state index contributed by atoms with van der Waals surface area (Å²) in [5.74, 6) is 0.957. The number of para-hydroxylation sites is 1. The average Bonchev–Trinajstić information content (AvgIpc) is 3.32. The van der Waals surface area contributed by atoms with Crippen LogP contribution in [0.4, 0.5) is 5.69 Å². The Bertz CT molecular complexity index is 1020. The van der Waals surface area contributed by atoms with Crippen LogP contribution in [0, 0.1) is 0 Å². The monoisotopic (exact) mass is 410 g/mol. The van der Waals surface area contributed by atoms with E-state index in [-0.39, 0.29) is 30.5 Å². The highest BCUT2D eigenvalue weighted by atomic mass is 16.7. The van der Waals surface area contributed by atoms with Crippen molar-refractivity contribution in [3.63, 3.8) is 0 Å². The first kappa shape index (κ1) is 19.8. The fraction of sp³-hybridized carbons (Fsp3) is 0.273. The molecule has 1 N–H and O–H groups in total. The summed E-state index contributed by atoms with van der Waals surface area (Å²) in [4.78, 5) is 27.6. The maximum atomic E-state index is 13.2. The molecule has 2 heterocycles. The van der Waals surface area contributed by atoms with Gasteiger partial charge >= 0.3 is 0 Å². The SMILES string of the molecule is COCCCN1C(=O)C(Nc2ccc3c(c2)OCO3)=C(c2ccccc2OC)C1=O. The molecule has 0 saturated heterocycles. The van der Waals surface area contributed by atoms with E-state index in [0.29, 0.717) is 41.5 Å². The van der Waals surface area contributed by atoms with Crippen molar-refractivity contribution in [2.24, 2.45) is 0 Å². The van der Waals surface area contributed by atoms with Gasteiger partial charge in [-0.3, -0.25) is 14.5 Å². The minimum Gasteiger partial charge on any atom is -0.496 e. The van der Waals surface area contributed by atoms with E-state index in [1.54, 1.807) is 43.5 Å². The van der Waals surface area contributed by atoms with Crippen LogP contribution in [0.15, 0.2) is 48.2 Å². The third-order valence-electron chi connectivity index (χ3n) is 4.92. The van der Waals surface area contributed by atoms with Crippen LogP contribution in [0.2, 0.25) is 0 Å². The van der Waals surface area contributed by atoms with Gasteiger partial charge in [-0.05, 0) is 24.6 Å². The van der Waals surface area contributed by atoms with Crippen molar-refractivity contribution in [3.8, 4) is 17.2 Å². The molecule has 8 heteroatoms. The second-order valence-corrected chi connectivity index (χ2v) is 6.75. The number of benzene rings is 2. The molecule has 4 rings (SSSR count). The Morgan fingerprint density at radius 3 is 2.63 bits per heavy atom. The van der Waals surface area contributed by atoms with Crippen molar-refractivity contribution >= 4 is 23.1 Å². The van der Waals surface area contributed by atoms with Gasteiger partial charge in [-0.1, -0.05) is 18.2 Å². The van der Waals surface area contributed by atoms with Crippen LogP contribution in [-0.4, -0.2) is 50.9 Å². The third-order valence-corrected chi connectivity index (χ3v) is 4.92. The van der Waals surface area contributed by atoms with Gasteiger partial charge in [0.05, 0.1) is 12.7 Å². The highest BCUT2D eigenvalue weighted by Crippen LogP contribution is 2.38. The lowest BCUT2D eigenvalue weighted by Gasteiger charge is -2.15. The van der Waals surface area contributed by atoms with E-state index >= 15 is 0 Å². The normalized spacial score (nSPS) is 15.2. The van der Waals surface area contributed by atoms with E-state index in [4.69, 9.17) is 18.9 Å². The van der Waals surface area contributed by atoms with Gasteiger partial charge in [0.15, 0.2) is 11.5 Å². The van der Waals surface area contributed by atoms with E-state index in [2.05, 4.69) is 5.32 Å². The highest BCUT2D eigenvalue weighted by Gasteiger charge is 2.40. The number of hydrogen-bond donors (Lipinski definition) is 1. The van der Waals surface area contributed by atoms with Crippen molar-refractivity contribution in [3.05, 3.63) is 53.7 Å². The summed E-state index contributed by atoms with van der Waals surface area (Å²) < 4.78 is 21.2. The van der Waals surface area contributed by atoms with E-state index in [0.717, 1.165) is 0 Å². The lowest BCUT2D eigenvalue weighted by atomic mass is 10.0. The average molecular weight is 410 g/mol. The van der Waals surface area contributed by atoms with Crippen LogP contribution in [0.3, 0.4) is 0 Å². The number of anilines is 1. The van der Waals surface area contributed by atoms with Crippen LogP contribution in [0.1, 0.15) is 12.0 Å². The number of hydrogen-bond acceptors (Lipinski definition) is 7. The second kappa shape index (κ2) is 8.46. The lowest BCUT2D eigenvalue weighted by molar-refractivity contribution is -0.137. The number of rotatable bonds is 8. The molecule has 0 radical (unpaired) electrons. The van der Waals surface area contributed by atoms with Gasteiger partial charge < -0.3 is 24.3 Å². The zero-order valence-corrected chi connectivity index (χ0v) is 16.8. The summed E-state index contributed by atoms with van der Waals surface area (Å²) >= 11 is 0. The zero-order valence-electron chi connectivity index (χ0n) is 16.8. The van der Waals surface area contributed by atoms with E-state index < -0.39 is 5.91 Å². The largest absolute Gasteiger partial charge is 0.496 e. The standard InChI is InChI=1S/C22H22N2O6/c1-27-11-5-10-24-21(25)19(15-6-3-4-7-16(15)28-2)20(22(24)26)23-14-8-9-17-18(12-14)30-13-29-17/h3-4,6-9,12,23H,5,10-11,13H2,1-2H3. The molecule has 0 fully saturated rings. The van der Waals surface area contributed by atoms with Gasteiger partial charge in [-0.2, -0.15) is 0 Å². The van der Waals surface area contributed by atoms with Crippen LogP contribution >= 0.6 is 0 Å². The predicted octanol–water partition coefficient (Wildman–Crippen LogP) is 2.65. The van der Waals surface area contributed by atoms with Gasteiger partial charge in [0, 0.05) is 37.6 Å². The Kier molecular flexibility index (Phi) is 5.58. The number of fused-ring (bicyclic) bond motifs is 1. The first-order valence-corrected chi connectivity index (χ1v) is 9.53. The Balaban J connectivity index is 1.73. The second-order valence-electron chi connectivity index (χ2n) is 6.75. The van der Waals surface area contributed by atoms with Crippen molar-refractivity contribution in [1.29, 1.82) is 0 Å². The number of carbonyl (C=O) groups excluding carboxylic acids is 2. The topological polar surface area (TPSA) is 86.3 Å². The summed E-state index contributed by atoms with van der Waals surface area (Å²) in [5.41, 5.74) is 1.63. The molecule has 8 nitrogen and oxygen atoms in total. The molecular weight excluding hydrogens is 388 g/mol. The van der Waals surface area contributed by atoms with Crippen LogP contribution in [0.5, 0.6) is 17.2 Å². The molecule has 2 aromatic carbocycles. The molecule has 2 amide bonds. The molecule has 0 bridgehead atoms. The van der Waals surface area contributed by atoms with Crippen molar-refractivity contribution in [2.45, 2.75) is 6.42 Å². The van der Waals surface area contributed by atoms with Gasteiger partial charge in [-0.25, -0.2) is 0 Å². The summed E-state index contributed by atoms with van der Waals surface area (Å²) in [6.45, 7) is 0.862. The Hall–Kier alpha value is -3.52. The quantitative estimate of drug-likeness (QED) is 0.529. The number of amides is 2. The number of carbonyl (C=O) groups is 2. The van der Waals surface area contributed by atoms with Gasteiger partial charge in [0.2, 0.25) is 6.79 Å². The first-order chi connectivity index (χ1) is 14.6. The molecule has 0 spiro atoms. The fourth-order valence-electron chi connectivity index (χ4n) is 3.48. The first-order valence-electron chi connectivity index (χ1n) is 9.53. The van der Waals surface area contributed by atoms with Crippen molar-refractivity contribution in [1.82, 2.24) is 4.90 Å². The third kappa shape index (κ3) is 3.57. The van der Waals surface area contributed by atoms with Gasteiger partial charge in [-0.15, -0.1) is 0 Å². The summed E-state index contributed by atoms with van der Waals surface area (Å²) in [6, 6.07) is 12.4. The summed E-state index contributed by atoms with van der Waals surface area (Å²) in [5, 5.41) is 3.12. The number of ether oxygens (including phenoxy) is 4.